The maximum Gasteiger partial charge on any atom is 0.177 e. The van der Waals surface area contributed by atoms with Gasteiger partial charge in [-0.2, -0.15) is 0 Å². The SMILES string of the molecule is CCCCO[C@H]1C[C@H]2C=C[C@@H]1C(=O)[C@]21CO1. The molecule has 16 heavy (non-hydrogen) atoms. The number of epoxide rings is 1. The van der Waals surface area contributed by atoms with Crippen LogP contribution in [0.4, 0.5) is 0 Å². The van der Waals surface area contributed by atoms with E-state index in [1.807, 2.05) is 6.08 Å². The van der Waals surface area contributed by atoms with E-state index in [4.69, 9.17) is 9.47 Å². The van der Waals surface area contributed by atoms with Crippen LogP contribution in [0, 0.1) is 11.8 Å². The van der Waals surface area contributed by atoms with Gasteiger partial charge in [0.05, 0.1) is 18.6 Å². The van der Waals surface area contributed by atoms with Crippen LogP contribution in [0.2, 0.25) is 0 Å². The third kappa shape index (κ3) is 1.38. The summed E-state index contributed by atoms with van der Waals surface area (Å²) < 4.78 is 11.2. The molecule has 2 fully saturated rings. The summed E-state index contributed by atoms with van der Waals surface area (Å²) in [6.45, 7) is 3.55. The molecular weight excluding hydrogens is 204 g/mol. The van der Waals surface area contributed by atoms with E-state index >= 15 is 0 Å². The van der Waals surface area contributed by atoms with E-state index in [2.05, 4.69) is 13.0 Å². The second-order valence-electron chi connectivity index (χ2n) is 5.06. The molecule has 1 aliphatic heterocycles. The van der Waals surface area contributed by atoms with Gasteiger partial charge in [-0.3, -0.25) is 4.79 Å². The van der Waals surface area contributed by atoms with E-state index in [1.54, 1.807) is 0 Å². The fourth-order valence-corrected chi connectivity index (χ4v) is 2.90. The van der Waals surface area contributed by atoms with Gasteiger partial charge in [0.1, 0.15) is 0 Å². The number of unbranched alkanes of at least 4 members (excludes halogenated alkanes) is 1. The molecule has 0 amide bonds. The van der Waals surface area contributed by atoms with Gasteiger partial charge >= 0.3 is 0 Å². The van der Waals surface area contributed by atoms with Gasteiger partial charge < -0.3 is 9.47 Å². The Kier molecular flexibility index (Phi) is 2.41. The lowest BCUT2D eigenvalue weighted by atomic mass is 9.66. The molecule has 88 valence electrons. The first kappa shape index (κ1) is 10.5. The molecule has 4 atom stereocenters. The van der Waals surface area contributed by atoms with Crippen LogP contribution in [0.15, 0.2) is 12.2 Å². The van der Waals surface area contributed by atoms with Crippen molar-refractivity contribution in [3.8, 4) is 0 Å². The topological polar surface area (TPSA) is 38.8 Å². The summed E-state index contributed by atoms with van der Waals surface area (Å²) in [7, 11) is 0. The molecule has 2 bridgehead atoms. The largest absolute Gasteiger partial charge is 0.377 e. The highest BCUT2D eigenvalue weighted by Gasteiger charge is 2.64. The summed E-state index contributed by atoms with van der Waals surface area (Å²) >= 11 is 0. The number of ketones is 1. The number of rotatable bonds is 4. The number of hydrogen-bond donors (Lipinski definition) is 0. The van der Waals surface area contributed by atoms with Gasteiger partial charge in [0.2, 0.25) is 0 Å². The molecule has 0 aromatic rings. The molecule has 3 aliphatic carbocycles. The lowest BCUT2D eigenvalue weighted by Crippen LogP contribution is -2.52. The number of carbonyl (C=O) groups excluding carboxylic acids is 1. The Bertz CT molecular complexity index is 330. The molecule has 1 saturated heterocycles. The summed E-state index contributed by atoms with van der Waals surface area (Å²) in [6.07, 6.45) is 7.45. The van der Waals surface area contributed by atoms with Crippen molar-refractivity contribution in [2.75, 3.05) is 13.2 Å². The molecule has 0 unspecified atom stereocenters. The summed E-state index contributed by atoms with van der Waals surface area (Å²) in [4.78, 5) is 12.2. The van der Waals surface area contributed by atoms with Crippen molar-refractivity contribution in [3.05, 3.63) is 12.2 Å². The molecule has 1 spiro atoms. The van der Waals surface area contributed by atoms with Gasteiger partial charge in [-0.1, -0.05) is 25.5 Å². The van der Waals surface area contributed by atoms with E-state index in [1.165, 1.54) is 0 Å². The van der Waals surface area contributed by atoms with E-state index in [0.717, 1.165) is 25.9 Å². The smallest absolute Gasteiger partial charge is 0.177 e. The summed E-state index contributed by atoms with van der Waals surface area (Å²) in [5, 5.41) is 0. The number of fused-ring (bicyclic) bond motifs is 1. The molecule has 4 aliphatic rings. The average Bonchev–Trinajstić information content (AvgIpc) is 3.08. The Morgan fingerprint density at radius 1 is 1.56 bits per heavy atom. The van der Waals surface area contributed by atoms with Crippen LogP contribution in [0.25, 0.3) is 0 Å². The van der Waals surface area contributed by atoms with Gasteiger partial charge in [-0.05, 0) is 12.8 Å². The molecule has 1 heterocycles. The molecule has 4 rings (SSSR count). The predicted molar refractivity (Wildman–Crippen MR) is 59.1 cm³/mol. The lowest BCUT2D eigenvalue weighted by molar-refractivity contribution is -0.140. The van der Waals surface area contributed by atoms with Crippen LogP contribution < -0.4 is 0 Å². The standard InChI is InChI=1S/C13H18O3/c1-2-3-6-15-11-7-9-4-5-10(11)12(14)13(9)8-16-13/h4-5,9-11H,2-3,6-8H2,1H3/t9-,10+,11+,13+/m1/s1. The monoisotopic (exact) mass is 222 g/mol. The molecule has 0 radical (unpaired) electrons. The quantitative estimate of drug-likeness (QED) is 0.413. The van der Waals surface area contributed by atoms with Crippen LogP contribution in [0.5, 0.6) is 0 Å². The normalized spacial score (nSPS) is 44.3. The van der Waals surface area contributed by atoms with Gasteiger partial charge in [0.25, 0.3) is 0 Å². The first-order valence-electron chi connectivity index (χ1n) is 6.26. The minimum Gasteiger partial charge on any atom is -0.377 e. The highest BCUT2D eigenvalue weighted by molar-refractivity contribution is 5.96. The summed E-state index contributed by atoms with van der Waals surface area (Å²) in [5.41, 5.74) is -0.427. The Balaban J connectivity index is 1.68. The highest BCUT2D eigenvalue weighted by atomic mass is 16.6. The zero-order valence-electron chi connectivity index (χ0n) is 9.65. The number of carbonyl (C=O) groups is 1. The third-order valence-corrected chi connectivity index (χ3v) is 4.04. The molecule has 1 saturated carbocycles. The molecule has 0 aromatic heterocycles. The Labute approximate surface area is 95.8 Å². The van der Waals surface area contributed by atoms with E-state index in [0.29, 0.717) is 6.61 Å². The van der Waals surface area contributed by atoms with Gasteiger partial charge in [0.15, 0.2) is 11.4 Å². The molecule has 0 aromatic carbocycles. The minimum atomic E-state index is -0.427. The van der Waals surface area contributed by atoms with Crippen LogP contribution in [0.1, 0.15) is 26.2 Å². The fourth-order valence-electron chi connectivity index (χ4n) is 2.90. The van der Waals surface area contributed by atoms with Crippen molar-refractivity contribution in [2.45, 2.75) is 37.9 Å². The number of Topliss-reactive ketones (excluding diaryl/α,β-unsaturated/α-hetero) is 1. The van der Waals surface area contributed by atoms with Crippen LogP contribution in [-0.4, -0.2) is 30.7 Å². The first-order chi connectivity index (χ1) is 7.78. The van der Waals surface area contributed by atoms with Crippen molar-refractivity contribution in [2.24, 2.45) is 11.8 Å². The Morgan fingerprint density at radius 3 is 3.00 bits per heavy atom. The second-order valence-corrected chi connectivity index (χ2v) is 5.06. The lowest BCUT2D eigenvalue weighted by Gasteiger charge is -2.40. The molecule has 3 heteroatoms. The van der Waals surface area contributed by atoms with Crippen LogP contribution in [-0.2, 0) is 14.3 Å². The van der Waals surface area contributed by atoms with Crippen molar-refractivity contribution in [3.63, 3.8) is 0 Å². The van der Waals surface area contributed by atoms with E-state index in [-0.39, 0.29) is 23.7 Å². The second kappa shape index (κ2) is 3.67. The van der Waals surface area contributed by atoms with Crippen LogP contribution in [0.3, 0.4) is 0 Å². The third-order valence-electron chi connectivity index (χ3n) is 4.04. The zero-order chi connectivity index (χ0) is 11.2. The van der Waals surface area contributed by atoms with Gasteiger partial charge in [0, 0.05) is 12.5 Å². The predicted octanol–water partition coefficient (Wildman–Crippen LogP) is 1.72. The number of ether oxygens (including phenoxy) is 2. The maximum atomic E-state index is 12.2. The summed E-state index contributed by atoms with van der Waals surface area (Å²) in [5.74, 6) is 0.466. The minimum absolute atomic E-state index is 0.0515. The Morgan fingerprint density at radius 2 is 2.38 bits per heavy atom. The van der Waals surface area contributed by atoms with E-state index < -0.39 is 5.60 Å². The molecule has 3 nitrogen and oxygen atoms in total. The molecule has 0 N–H and O–H groups in total. The maximum absolute atomic E-state index is 12.2. The van der Waals surface area contributed by atoms with Crippen LogP contribution >= 0.6 is 0 Å². The van der Waals surface area contributed by atoms with Crippen molar-refractivity contribution < 1.29 is 14.3 Å². The van der Waals surface area contributed by atoms with Gasteiger partial charge in [-0.25, -0.2) is 0 Å². The first-order valence-corrected chi connectivity index (χ1v) is 6.26. The average molecular weight is 222 g/mol. The molecular formula is C13H18O3. The highest BCUT2D eigenvalue weighted by Crippen LogP contribution is 2.50. The van der Waals surface area contributed by atoms with Gasteiger partial charge in [-0.15, -0.1) is 0 Å². The summed E-state index contributed by atoms with van der Waals surface area (Å²) in [6, 6.07) is 0. The number of hydrogen-bond acceptors (Lipinski definition) is 3. The van der Waals surface area contributed by atoms with E-state index in [9.17, 15) is 4.79 Å². The van der Waals surface area contributed by atoms with Crippen molar-refractivity contribution >= 4 is 5.78 Å². The van der Waals surface area contributed by atoms with Crippen molar-refractivity contribution in [1.29, 1.82) is 0 Å². The van der Waals surface area contributed by atoms with Crippen molar-refractivity contribution in [1.82, 2.24) is 0 Å². The fraction of sp³-hybridized carbons (Fsp3) is 0.769. The Hall–Kier alpha value is -0.670. The zero-order valence-corrected chi connectivity index (χ0v) is 9.65.